The maximum absolute atomic E-state index is 8.68. The van der Waals surface area contributed by atoms with Crippen molar-refractivity contribution < 1.29 is 4.74 Å². The lowest BCUT2D eigenvalue weighted by Crippen LogP contribution is -1.93. The van der Waals surface area contributed by atoms with Gasteiger partial charge >= 0.3 is 0 Å². The maximum atomic E-state index is 8.68. The van der Waals surface area contributed by atoms with E-state index in [0.717, 1.165) is 12.0 Å². The second-order valence-corrected chi connectivity index (χ2v) is 2.35. The number of nitrogens with zero attached hydrogens (tertiary/aromatic N) is 2. The fourth-order valence-electron chi connectivity index (χ4n) is 0.980. The van der Waals surface area contributed by atoms with Crippen molar-refractivity contribution in [2.75, 3.05) is 7.11 Å². The van der Waals surface area contributed by atoms with Crippen molar-refractivity contribution in [3.8, 4) is 11.9 Å². The van der Waals surface area contributed by atoms with E-state index in [4.69, 9.17) is 10.00 Å². The Balaban J connectivity index is 3.13. The first-order valence-corrected chi connectivity index (χ1v) is 3.74. The minimum absolute atomic E-state index is 0.561. The second kappa shape index (κ2) is 3.72. The molecular weight excluding hydrogens is 152 g/mol. The van der Waals surface area contributed by atoms with E-state index in [-0.39, 0.29) is 0 Å². The number of aromatic nitrogens is 1. The van der Waals surface area contributed by atoms with Crippen molar-refractivity contribution in [3.05, 3.63) is 23.4 Å². The zero-order valence-electron chi connectivity index (χ0n) is 7.16. The number of methoxy groups -OCH3 is 1. The minimum Gasteiger partial charge on any atom is -0.481 e. The van der Waals surface area contributed by atoms with Crippen LogP contribution in [0.1, 0.15) is 18.1 Å². The summed E-state index contributed by atoms with van der Waals surface area (Å²) >= 11 is 0. The lowest BCUT2D eigenvalue weighted by molar-refractivity contribution is 0.397. The summed E-state index contributed by atoms with van der Waals surface area (Å²) in [4.78, 5) is 3.93. The molecule has 0 bridgehead atoms. The summed E-state index contributed by atoms with van der Waals surface area (Å²) in [6, 6.07) is 3.87. The molecule has 3 heteroatoms. The van der Waals surface area contributed by atoms with E-state index in [1.165, 1.54) is 6.20 Å². The Hall–Kier alpha value is -1.56. The SMILES string of the molecule is CCc1cc(OC)ncc1C#N. The third-order valence-corrected chi connectivity index (χ3v) is 1.68. The standard InChI is InChI=1S/C9H10N2O/c1-3-7-4-9(12-2)11-6-8(7)5-10/h4,6H,3H2,1-2H3. The van der Waals surface area contributed by atoms with Gasteiger partial charge in [-0.2, -0.15) is 5.26 Å². The molecule has 0 fully saturated rings. The van der Waals surface area contributed by atoms with Crippen LogP contribution in [-0.2, 0) is 6.42 Å². The van der Waals surface area contributed by atoms with Crippen LogP contribution >= 0.6 is 0 Å². The highest BCUT2D eigenvalue weighted by Crippen LogP contribution is 2.13. The van der Waals surface area contributed by atoms with E-state index < -0.39 is 0 Å². The molecule has 1 rings (SSSR count). The normalized spacial score (nSPS) is 9.08. The van der Waals surface area contributed by atoms with E-state index in [9.17, 15) is 0 Å². The predicted octanol–water partition coefficient (Wildman–Crippen LogP) is 1.52. The summed E-state index contributed by atoms with van der Waals surface area (Å²) in [5, 5.41) is 8.68. The Bertz CT molecular complexity index is 315. The van der Waals surface area contributed by atoms with Gasteiger partial charge < -0.3 is 4.74 Å². The number of rotatable bonds is 2. The van der Waals surface area contributed by atoms with Gasteiger partial charge in [0, 0.05) is 12.3 Å². The summed E-state index contributed by atoms with van der Waals surface area (Å²) < 4.78 is 4.94. The van der Waals surface area contributed by atoms with Crippen LogP contribution in [0.5, 0.6) is 5.88 Å². The lowest BCUT2D eigenvalue weighted by atomic mass is 10.1. The molecule has 0 aliphatic rings. The third kappa shape index (κ3) is 1.54. The average Bonchev–Trinajstić information content (AvgIpc) is 2.16. The molecule has 0 radical (unpaired) electrons. The van der Waals surface area contributed by atoms with Crippen LogP contribution in [0.2, 0.25) is 0 Å². The van der Waals surface area contributed by atoms with Crippen molar-refractivity contribution in [3.63, 3.8) is 0 Å². The summed E-state index contributed by atoms with van der Waals surface area (Å²) in [6.07, 6.45) is 2.36. The molecule has 0 aromatic carbocycles. The molecule has 1 heterocycles. The van der Waals surface area contributed by atoms with Gasteiger partial charge in [0.15, 0.2) is 0 Å². The summed E-state index contributed by atoms with van der Waals surface area (Å²) in [5.41, 5.74) is 1.60. The van der Waals surface area contributed by atoms with Crippen LogP contribution in [0.15, 0.2) is 12.3 Å². The zero-order valence-corrected chi connectivity index (χ0v) is 7.16. The van der Waals surface area contributed by atoms with Crippen molar-refractivity contribution in [2.24, 2.45) is 0 Å². The van der Waals surface area contributed by atoms with Gasteiger partial charge in [-0.25, -0.2) is 4.98 Å². The zero-order chi connectivity index (χ0) is 8.97. The highest BCUT2D eigenvalue weighted by Gasteiger charge is 2.01. The van der Waals surface area contributed by atoms with Crippen LogP contribution in [0, 0.1) is 11.3 Å². The Labute approximate surface area is 71.6 Å². The largest absolute Gasteiger partial charge is 0.481 e. The smallest absolute Gasteiger partial charge is 0.213 e. The van der Waals surface area contributed by atoms with Gasteiger partial charge in [-0.15, -0.1) is 0 Å². The average molecular weight is 162 g/mol. The number of ether oxygens (including phenoxy) is 1. The molecule has 3 nitrogen and oxygen atoms in total. The van der Waals surface area contributed by atoms with E-state index in [0.29, 0.717) is 11.4 Å². The van der Waals surface area contributed by atoms with Gasteiger partial charge in [0.2, 0.25) is 5.88 Å². The fourth-order valence-corrected chi connectivity index (χ4v) is 0.980. The Morgan fingerprint density at radius 3 is 2.92 bits per heavy atom. The van der Waals surface area contributed by atoms with Gasteiger partial charge in [0.25, 0.3) is 0 Å². The molecule has 12 heavy (non-hydrogen) atoms. The van der Waals surface area contributed by atoms with Crippen LogP contribution in [-0.4, -0.2) is 12.1 Å². The Kier molecular flexibility index (Phi) is 2.65. The Morgan fingerprint density at radius 2 is 2.42 bits per heavy atom. The lowest BCUT2D eigenvalue weighted by Gasteiger charge is -2.02. The summed E-state index contributed by atoms with van der Waals surface area (Å²) in [7, 11) is 1.56. The van der Waals surface area contributed by atoms with Crippen molar-refractivity contribution in [1.82, 2.24) is 4.98 Å². The van der Waals surface area contributed by atoms with Crippen LogP contribution < -0.4 is 4.74 Å². The maximum Gasteiger partial charge on any atom is 0.213 e. The fraction of sp³-hybridized carbons (Fsp3) is 0.333. The number of nitriles is 1. The van der Waals surface area contributed by atoms with Crippen molar-refractivity contribution in [1.29, 1.82) is 5.26 Å². The molecule has 0 unspecified atom stereocenters. The molecule has 0 saturated carbocycles. The molecule has 1 aromatic heterocycles. The molecule has 0 N–H and O–H groups in total. The first-order valence-electron chi connectivity index (χ1n) is 3.74. The van der Waals surface area contributed by atoms with Gasteiger partial charge in [0.05, 0.1) is 12.7 Å². The highest BCUT2D eigenvalue weighted by molar-refractivity contribution is 5.37. The first-order chi connectivity index (χ1) is 5.81. The summed E-state index contributed by atoms with van der Waals surface area (Å²) in [5.74, 6) is 0.561. The van der Waals surface area contributed by atoms with Crippen LogP contribution in [0.3, 0.4) is 0 Å². The highest BCUT2D eigenvalue weighted by atomic mass is 16.5. The predicted molar refractivity (Wildman–Crippen MR) is 44.9 cm³/mol. The van der Waals surface area contributed by atoms with Crippen molar-refractivity contribution >= 4 is 0 Å². The number of hydrogen-bond donors (Lipinski definition) is 0. The molecular formula is C9H10N2O. The van der Waals surface area contributed by atoms with Gasteiger partial charge in [-0.1, -0.05) is 6.92 Å². The van der Waals surface area contributed by atoms with Gasteiger partial charge in [0.1, 0.15) is 6.07 Å². The molecule has 0 spiro atoms. The molecule has 0 atom stereocenters. The quantitative estimate of drug-likeness (QED) is 0.662. The monoisotopic (exact) mass is 162 g/mol. The number of hydrogen-bond acceptors (Lipinski definition) is 3. The van der Waals surface area contributed by atoms with E-state index in [1.54, 1.807) is 13.2 Å². The molecule has 0 aliphatic carbocycles. The molecule has 1 aromatic rings. The van der Waals surface area contributed by atoms with E-state index in [2.05, 4.69) is 11.1 Å². The van der Waals surface area contributed by atoms with Crippen molar-refractivity contribution in [2.45, 2.75) is 13.3 Å². The van der Waals surface area contributed by atoms with E-state index in [1.807, 2.05) is 6.92 Å². The topological polar surface area (TPSA) is 45.9 Å². The minimum atomic E-state index is 0.561. The number of pyridine rings is 1. The third-order valence-electron chi connectivity index (χ3n) is 1.68. The van der Waals surface area contributed by atoms with Crippen LogP contribution in [0.25, 0.3) is 0 Å². The van der Waals surface area contributed by atoms with Gasteiger partial charge in [-0.05, 0) is 12.0 Å². The molecule has 62 valence electrons. The van der Waals surface area contributed by atoms with E-state index >= 15 is 0 Å². The Morgan fingerprint density at radius 1 is 1.67 bits per heavy atom. The molecule has 0 aliphatic heterocycles. The first kappa shape index (κ1) is 8.54. The van der Waals surface area contributed by atoms with Crippen LogP contribution in [0.4, 0.5) is 0 Å². The summed E-state index contributed by atoms with van der Waals surface area (Å²) in [6.45, 7) is 2.00. The van der Waals surface area contributed by atoms with Gasteiger partial charge in [-0.3, -0.25) is 0 Å². The molecule has 0 saturated heterocycles. The number of aryl methyl sites for hydroxylation is 1. The second-order valence-electron chi connectivity index (χ2n) is 2.35. The molecule has 0 amide bonds.